The van der Waals surface area contributed by atoms with E-state index in [0.29, 0.717) is 13.0 Å². The molecule has 2 atom stereocenters. The third-order valence-electron chi connectivity index (χ3n) is 6.87. The smallest absolute Gasteiger partial charge is 0.115 e. The fourth-order valence-electron chi connectivity index (χ4n) is 5.52. The average Bonchev–Trinajstić information content (AvgIpc) is 3.02. The molecule has 1 fully saturated rings. The molecule has 28 heavy (non-hydrogen) atoms. The molecule has 3 aromatic rings. The maximum Gasteiger partial charge on any atom is 0.115 e. The van der Waals surface area contributed by atoms with E-state index < -0.39 is 11.0 Å². The van der Waals surface area contributed by atoms with Gasteiger partial charge in [-0.2, -0.15) is 0 Å². The van der Waals surface area contributed by atoms with Crippen molar-refractivity contribution in [3.8, 4) is 5.75 Å². The fourth-order valence-corrected chi connectivity index (χ4v) is 5.52. The number of phenolic OH excluding ortho intramolecular Hbond substituents is 1. The molecule has 1 saturated heterocycles. The number of H-pyrrole nitrogens is 1. The Kier molecular flexibility index (Phi) is 3.90. The molecular formula is C24H26N2O2. The van der Waals surface area contributed by atoms with Crippen molar-refractivity contribution in [1.29, 1.82) is 0 Å². The number of hydrogen-bond donors (Lipinski definition) is 3. The first-order valence-electron chi connectivity index (χ1n) is 9.98. The summed E-state index contributed by atoms with van der Waals surface area (Å²) in [6.45, 7) is 6.16. The Bertz CT molecular complexity index is 1060. The number of rotatable bonds is 3. The van der Waals surface area contributed by atoms with Crippen LogP contribution in [0.25, 0.3) is 10.9 Å². The summed E-state index contributed by atoms with van der Waals surface area (Å²) >= 11 is 0. The number of phenols is 1. The SMILES string of the molecule is C=CCN1CC[C@@]2(c3cccc(O)c3)Cc3[nH]c4ccccc4c3C[C@]2(O)C1. The van der Waals surface area contributed by atoms with Crippen molar-refractivity contribution in [2.24, 2.45) is 0 Å². The molecule has 0 unspecified atom stereocenters. The lowest BCUT2D eigenvalue weighted by Crippen LogP contribution is -2.66. The van der Waals surface area contributed by atoms with E-state index in [1.165, 1.54) is 16.6 Å². The molecule has 2 heterocycles. The lowest BCUT2D eigenvalue weighted by atomic mass is 9.56. The summed E-state index contributed by atoms with van der Waals surface area (Å²) in [5.74, 6) is 0.255. The number of aromatic nitrogens is 1. The van der Waals surface area contributed by atoms with Crippen molar-refractivity contribution in [2.45, 2.75) is 30.3 Å². The van der Waals surface area contributed by atoms with Crippen LogP contribution in [-0.4, -0.2) is 45.3 Å². The molecule has 144 valence electrons. The minimum absolute atomic E-state index is 0.255. The second-order valence-electron chi connectivity index (χ2n) is 8.42. The van der Waals surface area contributed by atoms with Gasteiger partial charge < -0.3 is 15.2 Å². The second kappa shape index (κ2) is 6.23. The number of likely N-dealkylation sites (tertiary alicyclic amines) is 1. The van der Waals surface area contributed by atoms with Gasteiger partial charge in [-0.3, -0.25) is 4.90 Å². The van der Waals surface area contributed by atoms with E-state index in [0.717, 1.165) is 37.0 Å². The van der Waals surface area contributed by atoms with Gasteiger partial charge in [0.25, 0.3) is 0 Å². The molecule has 1 aromatic heterocycles. The zero-order valence-corrected chi connectivity index (χ0v) is 16.0. The highest BCUT2D eigenvalue weighted by Gasteiger charge is 2.57. The maximum atomic E-state index is 12.1. The molecule has 4 nitrogen and oxygen atoms in total. The molecule has 0 radical (unpaired) electrons. The van der Waals surface area contributed by atoms with Gasteiger partial charge in [-0.1, -0.05) is 36.4 Å². The molecule has 5 rings (SSSR count). The Balaban J connectivity index is 1.69. The van der Waals surface area contributed by atoms with Gasteiger partial charge >= 0.3 is 0 Å². The minimum Gasteiger partial charge on any atom is -0.508 e. The molecule has 1 aliphatic carbocycles. The summed E-state index contributed by atoms with van der Waals surface area (Å²) < 4.78 is 0. The number of nitrogens with zero attached hydrogens (tertiary/aromatic N) is 1. The summed E-state index contributed by atoms with van der Waals surface area (Å²) in [5, 5.41) is 23.5. The molecule has 2 aliphatic rings. The number of piperidine rings is 1. The van der Waals surface area contributed by atoms with Crippen LogP contribution in [-0.2, 0) is 18.3 Å². The molecule has 0 spiro atoms. The number of para-hydroxylation sites is 1. The highest BCUT2D eigenvalue weighted by atomic mass is 16.3. The predicted octanol–water partition coefficient (Wildman–Crippen LogP) is 3.53. The van der Waals surface area contributed by atoms with Crippen LogP contribution in [0.2, 0.25) is 0 Å². The summed E-state index contributed by atoms with van der Waals surface area (Å²) in [7, 11) is 0. The lowest BCUT2D eigenvalue weighted by molar-refractivity contribution is -0.100. The Hall–Kier alpha value is -2.56. The Morgan fingerprint density at radius 2 is 2.00 bits per heavy atom. The highest BCUT2D eigenvalue weighted by molar-refractivity contribution is 5.85. The highest BCUT2D eigenvalue weighted by Crippen LogP contribution is 2.51. The van der Waals surface area contributed by atoms with Gasteiger partial charge in [-0.05, 0) is 42.3 Å². The van der Waals surface area contributed by atoms with Crippen molar-refractivity contribution in [3.63, 3.8) is 0 Å². The third kappa shape index (κ3) is 2.45. The van der Waals surface area contributed by atoms with Crippen molar-refractivity contribution < 1.29 is 10.2 Å². The van der Waals surface area contributed by atoms with E-state index >= 15 is 0 Å². The molecule has 3 N–H and O–H groups in total. The van der Waals surface area contributed by atoms with Crippen LogP contribution >= 0.6 is 0 Å². The fraction of sp³-hybridized carbons (Fsp3) is 0.333. The maximum absolute atomic E-state index is 12.1. The first-order valence-corrected chi connectivity index (χ1v) is 9.98. The normalized spacial score (nSPS) is 27.3. The lowest BCUT2D eigenvalue weighted by Gasteiger charge is -2.56. The summed E-state index contributed by atoms with van der Waals surface area (Å²) in [5.41, 5.74) is 3.28. The number of hydrogen-bond acceptors (Lipinski definition) is 3. The summed E-state index contributed by atoms with van der Waals surface area (Å²) in [6.07, 6.45) is 4.11. The molecule has 0 amide bonds. The van der Waals surface area contributed by atoms with E-state index in [9.17, 15) is 10.2 Å². The van der Waals surface area contributed by atoms with Crippen molar-refractivity contribution in [3.05, 3.63) is 78.0 Å². The molecule has 4 heteroatoms. The van der Waals surface area contributed by atoms with Gasteiger partial charge in [0.15, 0.2) is 0 Å². The molecular weight excluding hydrogens is 348 g/mol. The van der Waals surface area contributed by atoms with Gasteiger partial charge in [-0.25, -0.2) is 0 Å². The Morgan fingerprint density at radius 1 is 1.14 bits per heavy atom. The van der Waals surface area contributed by atoms with Crippen LogP contribution in [0.4, 0.5) is 0 Å². The average molecular weight is 374 g/mol. The van der Waals surface area contributed by atoms with Gasteiger partial charge in [0.05, 0.1) is 5.60 Å². The number of aromatic amines is 1. The summed E-state index contributed by atoms with van der Waals surface area (Å²) in [4.78, 5) is 5.89. The molecule has 0 saturated carbocycles. The Labute approximate surface area is 165 Å². The van der Waals surface area contributed by atoms with Gasteiger partial charge in [0.2, 0.25) is 0 Å². The molecule has 2 aromatic carbocycles. The number of aliphatic hydroxyl groups is 1. The predicted molar refractivity (Wildman–Crippen MR) is 112 cm³/mol. The van der Waals surface area contributed by atoms with E-state index in [1.807, 2.05) is 24.3 Å². The van der Waals surface area contributed by atoms with Gasteiger partial charge in [-0.15, -0.1) is 6.58 Å². The number of benzene rings is 2. The zero-order chi connectivity index (χ0) is 19.4. The van der Waals surface area contributed by atoms with Gasteiger partial charge in [0.1, 0.15) is 5.75 Å². The van der Waals surface area contributed by atoms with E-state index in [4.69, 9.17) is 0 Å². The molecule has 1 aliphatic heterocycles. The number of aromatic hydroxyl groups is 1. The standard InChI is InChI=1S/C24H26N2O2/c1-2-11-26-12-10-23(17-6-5-7-18(27)13-17)15-22-20(14-24(23,28)16-26)19-8-3-4-9-21(19)25-22/h2-9,13,25,27-28H,1,10-12,14-16H2/t23-,24-/m0/s1. The van der Waals surface area contributed by atoms with Crippen LogP contribution in [0, 0.1) is 0 Å². The van der Waals surface area contributed by atoms with Crippen molar-refractivity contribution in [2.75, 3.05) is 19.6 Å². The van der Waals surface area contributed by atoms with Crippen LogP contribution in [0.3, 0.4) is 0 Å². The van der Waals surface area contributed by atoms with E-state index in [1.54, 1.807) is 6.07 Å². The second-order valence-corrected chi connectivity index (χ2v) is 8.42. The topological polar surface area (TPSA) is 59.5 Å². The third-order valence-corrected chi connectivity index (χ3v) is 6.87. The zero-order valence-electron chi connectivity index (χ0n) is 16.0. The number of β-amino-alcohol motifs (C(OH)–C–C–N with tert-alkyl or cyclic N) is 1. The van der Waals surface area contributed by atoms with Gasteiger partial charge in [0, 0.05) is 47.9 Å². The Morgan fingerprint density at radius 3 is 2.82 bits per heavy atom. The van der Waals surface area contributed by atoms with Crippen LogP contribution in [0.5, 0.6) is 5.75 Å². The van der Waals surface area contributed by atoms with E-state index in [-0.39, 0.29) is 5.75 Å². The quantitative estimate of drug-likeness (QED) is 0.615. The monoisotopic (exact) mass is 374 g/mol. The molecule has 0 bridgehead atoms. The number of nitrogens with one attached hydrogen (secondary N) is 1. The largest absolute Gasteiger partial charge is 0.508 e. The summed E-state index contributed by atoms with van der Waals surface area (Å²) in [6, 6.07) is 15.8. The van der Waals surface area contributed by atoms with Crippen LogP contribution < -0.4 is 0 Å². The van der Waals surface area contributed by atoms with Crippen molar-refractivity contribution in [1.82, 2.24) is 9.88 Å². The van der Waals surface area contributed by atoms with Crippen LogP contribution in [0.1, 0.15) is 23.2 Å². The van der Waals surface area contributed by atoms with Crippen molar-refractivity contribution >= 4 is 10.9 Å². The van der Waals surface area contributed by atoms with E-state index in [2.05, 4.69) is 40.7 Å². The van der Waals surface area contributed by atoms with Crippen LogP contribution in [0.15, 0.2) is 61.2 Å². The number of fused-ring (bicyclic) bond motifs is 4. The minimum atomic E-state index is -0.903. The first-order chi connectivity index (χ1) is 13.5. The first kappa shape index (κ1) is 17.5.